The molecule has 0 bridgehead atoms. The predicted octanol–water partition coefficient (Wildman–Crippen LogP) is 3.18. The quantitative estimate of drug-likeness (QED) is 0.589. The van der Waals surface area contributed by atoms with Crippen molar-refractivity contribution in [2.24, 2.45) is 5.92 Å². The first-order chi connectivity index (χ1) is 15.5. The Morgan fingerprint density at radius 2 is 1.88 bits per heavy atom. The maximum absolute atomic E-state index is 12.8. The number of hydrogen-bond acceptors (Lipinski definition) is 6. The van der Waals surface area contributed by atoms with Crippen LogP contribution < -0.4 is 15.5 Å². The smallest absolute Gasteiger partial charge is 0.290 e. The normalized spacial score (nSPS) is 14.3. The molecule has 1 aliphatic rings. The number of carbonyl (C=O) groups excluding carboxylic acids is 2. The Hall–Kier alpha value is -3.17. The van der Waals surface area contributed by atoms with Gasteiger partial charge in [0.1, 0.15) is 12.1 Å². The fraction of sp³-hybridized carbons (Fsp3) is 0.286. The Morgan fingerprint density at radius 1 is 1.09 bits per heavy atom. The van der Waals surface area contributed by atoms with E-state index in [2.05, 4.69) is 30.6 Å². The highest BCUT2D eigenvalue weighted by molar-refractivity contribution is 6.33. The molecule has 4 rings (SSSR count). The Balaban J connectivity index is 1.38. The molecule has 9 nitrogen and oxygen atoms in total. The summed E-state index contributed by atoms with van der Waals surface area (Å²) in [5.41, 5.74) is 1.14. The van der Waals surface area contributed by atoms with Gasteiger partial charge in [-0.2, -0.15) is 0 Å². The van der Waals surface area contributed by atoms with Crippen LogP contribution in [0, 0.1) is 5.92 Å². The van der Waals surface area contributed by atoms with Crippen LogP contribution in [-0.2, 0) is 4.79 Å². The summed E-state index contributed by atoms with van der Waals surface area (Å²) in [6.45, 7) is 1.41. The van der Waals surface area contributed by atoms with E-state index in [9.17, 15) is 9.59 Å². The molecular formula is C21H21Cl2N7O2. The zero-order valence-electron chi connectivity index (χ0n) is 17.3. The summed E-state index contributed by atoms with van der Waals surface area (Å²) < 4.78 is 1.41. The Morgan fingerprint density at radius 3 is 2.56 bits per heavy atom. The van der Waals surface area contributed by atoms with Crippen molar-refractivity contribution in [2.45, 2.75) is 12.8 Å². The predicted molar refractivity (Wildman–Crippen MR) is 123 cm³/mol. The molecule has 1 aromatic carbocycles. The van der Waals surface area contributed by atoms with Gasteiger partial charge in [0.25, 0.3) is 5.91 Å². The lowest BCUT2D eigenvalue weighted by Gasteiger charge is -2.32. The third-order valence-electron chi connectivity index (χ3n) is 5.29. The molecule has 2 N–H and O–H groups in total. The van der Waals surface area contributed by atoms with Crippen molar-refractivity contribution in [3.05, 3.63) is 58.7 Å². The van der Waals surface area contributed by atoms with Crippen molar-refractivity contribution < 1.29 is 9.59 Å². The van der Waals surface area contributed by atoms with Crippen LogP contribution in [0.25, 0.3) is 5.69 Å². The second kappa shape index (κ2) is 9.54. The van der Waals surface area contributed by atoms with Gasteiger partial charge in [-0.15, -0.1) is 5.10 Å². The number of carbonyl (C=O) groups is 2. The molecule has 0 aliphatic carbocycles. The molecule has 0 atom stereocenters. The lowest BCUT2D eigenvalue weighted by Crippen LogP contribution is -2.38. The fourth-order valence-electron chi connectivity index (χ4n) is 3.57. The number of hydrogen-bond donors (Lipinski definition) is 2. The molecule has 2 aromatic heterocycles. The lowest BCUT2D eigenvalue weighted by molar-refractivity contribution is -0.120. The molecule has 1 fully saturated rings. The molecule has 3 aromatic rings. The fourth-order valence-corrected chi connectivity index (χ4v) is 4.08. The molecule has 166 valence electrons. The Kier molecular flexibility index (Phi) is 6.57. The maximum Gasteiger partial charge on any atom is 0.290 e. The molecule has 0 saturated carbocycles. The molecule has 32 heavy (non-hydrogen) atoms. The summed E-state index contributed by atoms with van der Waals surface area (Å²) in [6.07, 6.45) is 4.52. The Labute approximate surface area is 194 Å². The highest BCUT2D eigenvalue weighted by Gasteiger charge is 2.26. The number of benzene rings is 1. The number of piperidine rings is 1. The number of aromatic nitrogens is 4. The molecule has 0 unspecified atom stereocenters. The number of pyridine rings is 1. The highest BCUT2D eigenvalue weighted by atomic mass is 35.5. The summed E-state index contributed by atoms with van der Waals surface area (Å²) >= 11 is 12.6. The number of nitrogens with zero attached hydrogens (tertiary/aromatic N) is 5. The third kappa shape index (κ3) is 4.68. The van der Waals surface area contributed by atoms with Gasteiger partial charge in [0.05, 0.1) is 15.7 Å². The second-order valence-electron chi connectivity index (χ2n) is 7.32. The van der Waals surface area contributed by atoms with Crippen LogP contribution in [0.1, 0.15) is 23.5 Å². The van der Waals surface area contributed by atoms with Gasteiger partial charge in [-0.25, -0.2) is 14.6 Å². The third-order valence-corrected chi connectivity index (χ3v) is 5.89. The van der Waals surface area contributed by atoms with Crippen LogP contribution in [0.3, 0.4) is 0 Å². The first-order valence-corrected chi connectivity index (χ1v) is 10.8. The zero-order chi connectivity index (χ0) is 22.7. The molecule has 11 heteroatoms. The maximum atomic E-state index is 12.8. The minimum Gasteiger partial charge on any atom is -0.355 e. The molecule has 1 aliphatic heterocycles. The van der Waals surface area contributed by atoms with Crippen LogP contribution in [0.15, 0.2) is 42.9 Å². The van der Waals surface area contributed by atoms with E-state index in [1.54, 1.807) is 30.5 Å². The Bertz CT molecular complexity index is 1140. The van der Waals surface area contributed by atoms with E-state index in [0.29, 0.717) is 47.4 Å². The summed E-state index contributed by atoms with van der Waals surface area (Å²) in [5, 5.41) is 10.5. The van der Waals surface area contributed by atoms with Crippen molar-refractivity contribution in [1.29, 1.82) is 0 Å². The van der Waals surface area contributed by atoms with E-state index in [0.717, 1.165) is 5.82 Å². The zero-order valence-corrected chi connectivity index (χ0v) is 18.8. The van der Waals surface area contributed by atoms with Crippen molar-refractivity contribution >= 4 is 46.5 Å². The van der Waals surface area contributed by atoms with Gasteiger partial charge in [-0.3, -0.25) is 9.59 Å². The SMILES string of the molecule is CNC(=O)c1ncn(-c2ccc(NC(=O)C3CCN(c4ncccc4Cl)CC3)cc2Cl)n1. The minimum absolute atomic E-state index is 0.0410. The summed E-state index contributed by atoms with van der Waals surface area (Å²) in [5.74, 6) is 0.239. The minimum atomic E-state index is -0.389. The van der Waals surface area contributed by atoms with Gasteiger partial charge < -0.3 is 15.5 Å². The van der Waals surface area contributed by atoms with E-state index >= 15 is 0 Å². The van der Waals surface area contributed by atoms with E-state index in [1.807, 2.05) is 6.07 Å². The second-order valence-corrected chi connectivity index (χ2v) is 8.13. The van der Waals surface area contributed by atoms with Crippen LogP contribution in [0.2, 0.25) is 10.0 Å². The summed E-state index contributed by atoms with van der Waals surface area (Å²) in [6, 6.07) is 8.72. The molecule has 3 heterocycles. The van der Waals surface area contributed by atoms with Crippen LogP contribution in [0.5, 0.6) is 0 Å². The average Bonchev–Trinajstić information content (AvgIpc) is 3.29. The first kappa shape index (κ1) is 22.0. The van der Waals surface area contributed by atoms with Crippen LogP contribution in [0.4, 0.5) is 11.5 Å². The standard InChI is InChI=1S/C21H21Cl2N7O2/c1-24-21(32)18-26-12-30(28-18)17-5-4-14(11-16(17)23)27-20(31)13-6-9-29(10-7-13)19-15(22)3-2-8-25-19/h2-5,8,11-13H,6-7,9-10H2,1H3,(H,24,32)(H,27,31). The van der Waals surface area contributed by atoms with Crippen molar-refractivity contribution in [1.82, 2.24) is 25.1 Å². The van der Waals surface area contributed by atoms with Gasteiger partial charge in [0.2, 0.25) is 11.7 Å². The summed E-state index contributed by atoms with van der Waals surface area (Å²) in [4.78, 5) is 34.8. The number of rotatable bonds is 5. The van der Waals surface area contributed by atoms with E-state index in [4.69, 9.17) is 23.2 Å². The van der Waals surface area contributed by atoms with E-state index in [1.165, 1.54) is 18.1 Å². The van der Waals surface area contributed by atoms with Crippen LogP contribution in [-0.4, -0.2) is 51.7 Å². The van der Waals surface area contributed by atoms with Crippen LogP contribution >= 0.6 is 23.2 Å². The molecule has 1 saturated heterocycles. The van der Waals surface area contributed by atoms with Gasteiger partial charge >= 0.3 is 0 Å². The molecule has 0 radical (unpaired) electrons. The van der Waals surface area contributed by atoms with Gasteiger partial charge in [-0.1, -0.05) is 23.2 Å². The van der Waals surface area contributed by atoms with Crippen molar-refractivity contribution in [2.75, 3.05) is 30.4 Å². The molecule has 2 amide bonds. The molecular weight excluding hydrogens is 453 g/mol. The van der Waals surface area contributed by atoms with E-state index in [-0.39, 0.29) is 23.6 Å². The number of amides is 2. The van der Waals surface area contributed by atoms with Gasteiger partial charge in [0.15, 0.2) is 0 Å². The monoisotopic (exact) mass is 473 g/mol. The molecule has 0 spiro atoms. The lowest BCUT2D eigenvalue weighted by atomic mass is 9.95. The summed E-state index contributed by atoms with van der Waals surface area (Å²) in [7, 11) is 1.50. The number of halogens is 2. The van der Waals surface area contributed by atoms with Gasteiger partial charge in [0, 0.05) is 37.9 Å². The highest BCUT2D eigenvalue weighted by Crippen LogP contribution is 2.29. The average molecular weight is 474 g/mol. The van der Waals surface area contributed by atoms with Crippen molar-refractivity contribution in [3.8, 4) is 5.69 Å². The number of anilines is 2. The largest absolute Gasteiger partial charge is 0.355 e. The van der Waals surface area contributed by atoms with E-state index < -0.39 is 0 Å². The topological polar surface area (TPSA) is 105 Å². The van der Waals surface area contributed by atoms with Gasteiger partial charge in [-0.05, 0) is 43.2 Å². The van der Waals surface area contributed by atoms with Crippen molar-refractivity contribution in [3.63, 3.8) is 0 Å². The first-order valence-electron chi connectivity index (χ1n) is 10.1. The number of nitrogens with one attached hydrogen (secondary N) is 2.